The van der Waals surface area contributed by atoms with Crippen LogP contribution in [0.15, 0.2) is 30.5 Å². The summed E-state index contributed by atoms with van der Waals surface area (Å²) in [4.78, 5) is 25.6. The number of nitrogens with zero attached hydrogens (tertiary/aromatic N) is 4. The standard InChI is InChI=1S/C23H31N5O3/c1-3-19(17-7-9-21(31-2)25-15-17)28-14-13-27(23(28)30)12-10-20(29)18-8-6-16-5-4-11-24-22(16)26-18/h6-9,15,19-20,29H,3-5,10-14H2,1-2H3,(H,24,26). The highest BCUT2D eigenvalue weighted by Crippen LogP contribution is 2.29. The summed E-state index contributed by atoms with van der Waals surface area (Å²) in [5, 5.41) is 14.0. The molecule has 4 rings (SSSR count). The van der Waals surface area contributed by atoms with Gasteiger partial charge in [-0.2, -0.15) is 0 Å². The molecule has 2 atom stereocenters. The smallest absolute Gasteiger partial charge is 0.320 e. The number of nitrogens with one attached hydrogen (secondary N) is 1. The van der Waals surface area contributed by atoms with Crippen molar-refractivity contribution in [3.63, 3.8) is 0 Å². The molecular weight excluding hydrogens is 394 g/mol. The summed E-state index contributed by atoms with van der Waals surface area (Å²) in [6.07, 6.45) is 4.49. The fraction of sp³-hybridized carbons (Fsp3) is 0.522. The molecule has 2 aliphatic heterocycles. The highest BCUT2D eigenvalue weighted by Gasteiger charge is 2.34. The number of rotatable bonds is 8. The maximum Gasteiger partial charge on any atom is 0.320 e. The van der Waals surface area contributed by atoms with E-state index in [1.807, 2.05) is 34.1 Å². The van der Waals surface area contributed by atoms with Crippen molar-refractivity contribution in [3.8, 4) is 5.88 Å². The Labute approximate surface area is 183 Å². The molecule has 2 amide bonds. The van der Waals surface area contributed by atoms with E-state index in [9.17, 15) is 9.90 Å². The van der Waals surface area contributed by atoms with Gasteiger partial charge in [0.1, 0.15) is 5.82 Å². The maximum absolute atomic E-state index is 13.0. The molecule has 2 aromatic rings. The van der Waals surface area contributed by atoms with Crippen molar-refractivity contribution in [2.45, 2.75) is 44.8 Å². The molecule has 31 heavy (non-hydrogen) atoms. The zero-order valence-electron chi connectivity index (χ0n) is 18.3. The number of aliphatic hydroxyl groups excluding tert-OH is 1. The monoisotopic (exact) mass is 425 g/mol. The molecular formula is C23H31N5O3. The lowest BCUT2D eigenvalue weighted by Gasteiger charge is -2.27. The minimum absolute atomic E-state index is 0.00920. The third-order valence-electron chi connectivity index (χ3n) is 6.17. The molecule has 0 spiro atoms. The molecule has 0 bridgehead atoms. The molecule has 0 aromatic carbocycles. The minimum atomic E-state index is -0.691. The number of hydrogen-bond acceptors (Lipinski definition) is 6. The van der Waals surface area contributed by atoms with Crippen molar-refractivity contribution < 1.29 is 14.6 Å². The molecule has 2 aliphatic rings. The summed E-state index contributed by atoms with van der Waals surface area (Å²) in [6, 6.07) is 7.73. The Balaban J connectivity index is 1.36. The van der Waals surface area contributed by atoms with Crippen LogP contribution < -0.4 is 10.1 Å². The molecule has 4 heterocycles. The maximum atomic E-state index is 13.0. The molecule has 166 valence electrons. The quantitative estimate of drug-likeness (QED) is 0.675. The predicted octanol–water partition coefficient (Wildman–Crippen LogP) is 3.16. The fourth-order valence-corrected chi connectivity index (χ4v) is 4.40. The van der Waals surface area contributed by atoms with Crippen LogP contribution in [0.25, 0.3) is 0 Å². The SMILES string of the molecule is CCC(c1ccc(OC)nc1)N1CCN(CCC(O)c2ccc3c(n2)NCCC3)C1=O. The Kier molecular flexibility index (Phi) is 6.56. The highest BCUT2D eigenvalue weighted by atomic mass is 16.5. The molecule has 8 nitrogen and oxygen atoms in total. The lowest BCUT2D eigenvalue weighted by molar-refractivity contribution is 0.141. The van der Waals surface area contributed by atoms with Crippen LogP contribution in [0.3, 0.4) is 0 Å². The van der Waals surface area contributed by atoms with Gasteiger partial charge in [0.05, 0.1) is 24.9 Å². The van der Waals surface area contributed by atoms with E-state index < -0.39 is 6.10 Å². The number of anilines is 1. The number of carbonyl (C=O) groups excluding carboxylic acids is 1. The van der Waals surface area contributed by atoms with E-state index in [1.54, 1.807) is 13.3 Å². The third kappa shape index (κ3) is 4.58. The van der Waals surface area contributed by atoms with Crippen molar-refractivity contribution in [2.75, 3.05) is 38.6 Å². The van der Waals surface area contributed by atoms with Gasteiger partial charge in [-0.05, 0) is 42.9 Å². The molecule has 2 unspecified atom stereocenters. The topological polar surface area (TPSA) is 90.8 Å². The molecule has 2 aromatic heterocycles. The van der Waals surface area contributed by atoms with Gasteiger partial charge in [-0.1, -0.05) is 19.1 Å². The average molecular weight is 426 g/mol. The summed E-state index contributed by atoms with van der Waals surface area (Å²) in [6.45, 7) is 4.82. The first kappa shape index (κ1) is 21.4. The van der Waals surface area contributed by atoms with Crippen molar-refractivity contribution in [2.24, 2.45) is 0 Å². The number of aliphatic hydroxyl groups is 1. The van der Waals surface area contributed by atoms with E-state index in [0.717, 1.165) is 37.2 Å². The second-order valence-corrected chi connectivity index (χ2v) is 8.10. The van der Waals surface area contributed by atoms with Gasteiger partial charge in [-0.15, -0.1) is 0 Å². The molecule has 0 saturated carbocycles. The molecule has 0 aliphatic carbocycles. The average Bonchev–Trinajstić information content (AvgIpc) is 3.18. The molecule has 2 N–H and O–H groups in total. The highest BCUT2D eigenvalue weighted by molar-refractivity contribution is 5.77. The van der Waals surface area contributed by atoms with Gasteiger partial charge in [0, 0.05) is 38.4 Å². The van der Waals surface area contributed by atoms with E-state index in [4.69, 9.17) is 4.74 Å². The number of pyridine rings is 2. The van der Waals surface area contributed by atoms with E-state index in [1.165, 1.54) is 5.56 Å². The third-order valence-corrected chi connectivity index (χ3v) is 6.17. The summed E-state index contributed by atoms with van der Waals surface area (Å²) >= 11 is 0. The Hall–Kier alpha value is -2.87. The largest absolute Gasteiger partial charge is 0.481 e. The molecule has 1 fully saturated rings. The zero-order valence-corrected chi connectivity index (χ0v) is 18.3. The van der Waals surface area contributed by atoms with Gasteiger partial charge in [0.2, 0.25) is 5.88 Å². The van der Waals surface area contributed by atoms with Crippen molar-refractivity contribution in [1.29, 1.82) is 0 Å². The summed E-state index contributed by atoms with van der Waals surface area (Å²) in [7, 11) is 1.59. The van der Waals surface area contributed by atoms with E-state index in [0.29, 0.717) is 37.6 Å². The van der Waals surface area contributed by atoms with Crippen LogP contribution in [-0.2, 0) is 6.42 Å². The Morgan fingerprint density at radius 1 is 1.26 bits per heavy atom. The number of ether oxygens (including phenoxy) is 1. The van der Waals surface area contributed by atoms with Gasteiger partial charge in [-0.3, -0.25) is 0 Å². The van der Waals surface area contributed by atoms with Gasteiger partial charge in [0.15, 0.2) is 0 Å². The van der Waals surface area contributed by atoms with E-state index in [2.05, 4.69) is 22.2 Å². The van der Waals surface area contributed by atoms with E-state index in [-0.39, 0.29) is 12.1 Å². The van der Waals surface area contributed by atoms with Crippen molar-refractivity contribution in [1.82, 2.24) is 19.8 Å². The van der Waals surface area contributed by atoms with Crippen LogP contribution in [0.2, 0.25) is 0 Å². The lowest BCUT2D eigenvalue weighted by atomic mass is 10.1. The minimum Gasteiger partial charge on any atom is -0.481 e. The number of aromatic nitrogens is 2. The number of aryl methyl sites for hydroxylation is 1. The number of carbonyl (C=O) groups is 1. The Bertz CT molecular complexity index is 905. The summed E-state index contributed by atoms with van der Waals surface area (Å²) in [5.41, 5.74) is 2.86. The number of amides is 2. The normalized spacial score (nSPS) is 17.8. The molecule has 0 radical (unpaired) electrons. The molecule has 8 heteroatoms. The number of methoxy groups -OCH3 is 1. The first-order chi connectivity index (χ1) is 15.1. The predicted molar refractivity (Wildman–Crippen MR) is 118 cm³/mol. The van der Waals surface area contributed by atoms with Crippen LogP contribution in [0.4, 0.5) is 10.6 Å². The van der Waals surface area contributed by atoms with Gasteiger partial charge in [-0.25, -0.2) is 14.8 Å². The van der Waals surface area contributed by atoms with Crippen molar-refractivity contribution >= 4 is 11.8 Å². The van der Waals surface area contributed by atoms with Crippen LogP contribution in [0, 0.1) is 0 Å². The van der Waals surface area contributed by atoms with Crippen LogP contribution in [0.1, 0.15) is 55.2 Å². The van der Waals surface area contributed by atoms with Gasteiger partial charge < -0.3 is 25.0 Å². The van der Waals surface area contributed by atoms with Crippen molar-refractivity contribution in [3.05, 3.63) is 47.3 Å². The molecule has 1 saturated heterocycles. The van der Waals surface area contributed by atoms with Crippen LogP contribution in [0.5, 0.6) is 5.88 Å². The van der Waals surface area contributed by atoms with E-state index >= 15 is 0 Å². The number of hydrogen-bond donors (Lipinski definition) is 2. The number of fused-ring (bicyclic) bond motifs is 1. The van der Waals surface area contributed by atoms with Gasteiger partial charge in [0.25, 0.3) is 0 Å². The zero-order chi connectivity index (χ0) is 21.8. The van der Waals surface area contributed by atoms with Crippen LogP contribution >= 0.6 is 0 Å². The first-order valence-corrected chi connectivity index (χ1v) is 11.1. The number of urea groups is 1. The van der Waals surface area contributed by atoms with Gasteiger partial charge >= 0.3 is 6.03 Å². The first-order valence-electron chi connectivity index (χ1n) is 11.1. The lowest BCUT2D eigenvalue weighted by Crippen LogP contribution is -2.35. The second kappa shape index (κ2) is 9.51. The Morgan fingerprint density at radius 3 is 2.87 bits per heavy atom. The Morgan fingerprint density at radius 2 is 2.13 bits per heavy atom. The van der Waals surface area contributed by atoms with Crippen LogP contribution in [-0.4, -0.2) is 64.2 Å². The summed E-state index contributed by atoms with van der Waals surface area (Å²) in [5.74, 6) is 1.44. The fourth-order valence-electron chi connectivity index (χ4n) is 4.40. The summed E-state index contributed by atoms with van der Waals surface area (Å²) < 4.78 is 5.14. The second-order valence-electron chi connectivity index (χ2n) is 8.10.